The van der Waals surface area contributed by atoms with Crippen LogP contribution in [-0.4, -0.2) is 73.6 Å². The Hall–Kier alpha value is -2.15. The van der Waals surface area contributed by atoms with Crippen LogP contribution in [0.3, 0.4) is 0 Å². The molecule has 0 saturated carbocycles. The van der Waals surface area contributed by atoms with Crippen molar-refractivity contribution in [3.63, 3.8) is 0 Å². The summed E-state index contributed by atoms with van der Waals surface area (Å²) in [5.74, 6) is 0.772. The monoisotopic (exact) mass is 376 g/mol. The van der Waals surface area contributed by atoms with Gasteiger partial charge in [-0.25, -0.2) is 4.39 Å². The van der Waals surface area contributed by atoms with Crippen LogP contribution in [0.15, 0.2) is 29.3 Å². The van der Waals surface area contributed by atoms with Crippen molar-refractivity contribution < 1.29 is 13.9 Å². The van der Waals surface area contributed by atoms with Gasteiger partial charge in [-0.2, -0.15) is 0 Å². The van der Waals surface area contributed by atoms with Gasteiger partial charge < -0.3 is 19.9 Å². The van der Waals surface area contributed by atoms with Gasteiger partial charge in [0.15, 0.2) is 5.96 Å². The lowest BCUT2D eigenvalue weighted by Crippen LogP contribution is -2.55. The third-order valence-electron chi connectivity index (χ3n) is 4.98. The molecule has 0 aromatic heterocycles. The Morgan fingerprint density at radius 1 is 1.30 bits per heavy atom. The first-order chi connectivity index (χ1) is 13.2. The molecule has 1 N–H and O–H groups in total. The number of hydrogen-bond donors (Lipinski definition) is 1. The molecule has 0 radical (unpaired) electrons. The lowest BCUT2D eigenvalue weighted by Gasteiger charge is -2.37. The summed E-state index contributed by atoms with van der Waals surface area (Å²) in [7, 11) is 0. The number of nitrogens with zero attached hydrogens (tertiary/aromatic N) is 3. The maximum absolute atomic E-state index is 13.3. The summed E-state index contributed by atoms with van der Waals surface area (Å²) in [6, 6.07) is 6.65. The fourth-order valence-corrected chi connectivity index (χ4v) is 3.52. The minimum absolute atomic E-state index is 0.125. The van der Waals surface area contributed by atoms with Gasteiger partial charge in [0, 0.05) is 45.9 Å². The van der Waals surface area contributed by atoms with Crippen LogP contribution in [0.25, 0.3) is 0 Å². The zero-order chi connectivity index (χ0) is 19.1. The number of carbonyl (C=O) groups is 1. The van der Waals surface area contributed by atoms with Gasteiger partial charge in [0.25, 0.3) is 5.91 Å². The van der Waals surface area contributed by atoms with Gasteiger partial charge in [0.1, 0.15) is 11.9 Å². The van der Waals surface area contributed by atoms with E-state index in [1.807, 2.05) is 17.9 Å². The van der Waals surface area contributed by atoms with Gasteiger partial charge in [0.2, 0.25) is 0 Å². The minimum atomic E-state index is -0.246. The highest BCUT2D eigenvalue weighted by Crippen LogP contribution is 2.16. The zero-order valence-electron chi connectivity index (χ0n) is 16.0. The molecule has 0 spiro atoms. The van der Waals surface area contributed by atoms with Crippen LogP contribution in [-0.2, 0) is 16.0 Å². The Labute approximate surface area is 160 Å². The SMILES string of the molecule is CCNC(=NCCc1cccc(F)c1)N1CCN(C(=O)C2CCCO2)CC1. The summed E-state index contributed by atoms with van der Waals surface area (Å²) in [6.07, 6.45) is 2.26. The second kappa shape index (κ2) is 9.69. The maximum atomic E-state index is 13.3. The molecule has 148 valence electrons. The normalized spacial score (nSPS) is 20.8. The van der Waals surface area contributed by atoms with E-state index in [9.17, 15) is 9.18 Å². The smallest absolute Gasteiger partial charge is 0.251 e. The molecular formula is C20H29FN4O2. The second-order valence-electron chi connectivity index (χ2n) is 6.93. The fraction of sp³-hybridized carbons (Fsp3) is 0.600. The molecule has 0 bridgehead atoms. The van der Waals surface area contributed by atoms with Crippen LogP contribution in [0.4, 0.5) is 4.39 Å². The van der Waals surface area contributed by atoms with E-state index in [4.69, 9.17) is 9.73 Å². The number of piperazine rings is 1. The van der Waals surface area contributed by atoms with Crippen molar-refractivity contribution in [2.75, 3.05) is 45.9 Å². The molecular weight excluding hydrogens is 347 g/mol. The van der Waals surface area contributed by atoms with Crippen LogP contribution in [0, 0.1) is 5.82 Å². The molecule has 1 unspecified atom stereocenters. The van der Waals surface area contributed by atoms with Crippen molar-refractivity contribution in [2.45, 2.75) is 32.3 Å². The predicted molar refractivity (Wildman–Crippen MR) is 103 cm³/mol. The molecule has 6 nitrogen and oxygen atoms in total. The Morgan fingerprint density at radius 2 is 2.07 bits per heavy atom. The largest absolute Gasteiger partial charge is 0.368 e. The topological polar surface area (TPSA) is 57.2 Å². The van der Waals surface area contributed by atoms with E-state index in [2.05, 4.69) is 10.2 Å². The third kappa shape index (κ3) is 5.42. The summed E-state index contributed by atoms with van der Waals surface area (Å²) >= 11 is 0. The number of amides is 1. The van der Waals surface area contributed by atoms with Crippen molar-refractivity contribution in [2.24, 2.45) is 4.99 Å². The number of hydrogen-bond acceptors (Lipinski definition) is 3. The molecule has 1 aromatic carbocycles. The first-order valence-electron chi connectivity index (χ1n) is 9.85. The predicted octanol–water partition coefficient (Wildman–Crippen LogP) is 1.66. The summed E-state index contributed by atoms with van der Waals surface area (Å²) in [4.78, 5) is 21.2. The van der Waals surface area contributed by atoms with Gasteiger partial charge in [-0.1, -0.05) is 12.1 Å². The van der Waals surface area contributed by atoms with Gasteiger partial charge >= 0.3 is 0 Å². The van der Waals surface area contributed by atoms with Crippen molar-refractivity contribution in [3.05, 3.63) is 35.6 Å². The molecule has 2 aliphatic heterocycles. The average molecular weight is 376 g/mol. The molecule has 2 aliphatic rings. The highest BCUT2D eigenvalue weighted by atomic mass is 19.1. The molecule has 1 atom stereocenters. The van der Waals surface area contributed by atoms with Crippen LogP contribution in [0.2, 0.25) is 0 Å². The van der Waals surface area contributed by atoms with Gasteiger partial charge in [-0.3, -0.25) is 9.79 Å². The number of nitrogens with one attached hydrogen (secondary N) is 1. The molecule has 27 heavy (non-hydrogen) atoms. The number of guanidine groups is 1. The third-order valence-corrected chi connectivity index (χ3v) is 4.98. The number of rotatable bonds is 5. The number of aliphatic imine (C=N–C) groups is 1. The van der Waals surface area contributed by atoms with E-state index in [0.29, 0.717) is 32.7 Å². The second-order valence-corrected chi connectivity index (χ2v) is 6.93. The molecule has 1 aromatic rings. The van der Waals surface area contributed by atoms with E-state index in [0.717, 1.165) is 44.0 Å². The standard InChI is InChI=1S/C20H29FN4O2/c1-2-22-20(23-9-8-16-5-3-6-17(21)15-16)25-12-10-24(11-13-25)19(26)18-7-4-14-27-18/h3,5-6,15,18H,2,4,7-14H2,1H3,(H,22,23). The quantitative estimate of drug-likeness (QED) is 0.627. The first kappa shape index (κ1) is 19.6. The molecule has 2 saturated heterocycles. The molecule has 1 amide bonds. The van der Waals surface area contributed by atoms with Crippen molar-refractivity contribution in [3.8, 4) is 0 Å². The molecule has 3 rings (SSSR count). The summed E-state index contributed by atoms with van der Waals surface area (Å²) < 4.78 is 18.8. The Kier molecular flexibility index (Phi) is 7.04. The van der Waals surface area contributed by atoms with E-state index in [1.54, 1.807) is 12.1 Å². The fourth-order valence-electron chi connectivity index (χ4n) is 3.52. The minimum Gasteiger partial charge on any atom is -0.368 e. The summed E-state index contributed by atoms with van der Waals surface area (Å²) in [5, 5.41) is 3.32. The van der Waals surface area contributed by atoms with Crippen LogP contribution in [0.1, 0.15) is 25.3 Å². The Bertz CT molecular complexity index is 653. The highest BCUT2D eigenvalue weighted by molar-refractivity contribution is 5.82. The van der Waals surface area contributed by atoms with E-state index in [-0.39, 0.29) is 17.8 Å². The van der Waals surface area contributed by atoms with E-state index in [1.165, 1.54) is 6.07 Å². The Balaban J connectivity index is 1.51. The maximum Gasteiger partial charge on any atom is 0.251 e. The lowest BCUT2D eigenvalue weighted by atomic mass is 10.1. The molecule has 2 heterocycles. The van der Waals surface area contributed by atoms with Crippen LogP contribution >= 0.6 is 0 Å². The van der Waals surface area contributed by atoms with Crippen molar-refractivity contribution >= 4 is 11.9 Å². The van der Waals surface area contributed by atoms with Crippen LogP contribution < -0.4 is 5.32 Å². The first-order valence-corrected chi connectivity index (χ1v) is 9.85. The lowest BCUT2D eigenvalue weighted by molar-refractivity contribution is -0.142. The van der Waals surface area contributed by atoms with Gasteiger partial charge in [-0.15, -0.1) is 0 Å². The number of benzene rings is 1. The van der Waals surface area contributed by atoms with Crippen LogP contribution in [0.5, 0.6) is 0 Å². The van der Waals surface area contributed by atoms with E-state index < -0.39 is 0 Å². The average Bonchev–Trinajstić information content (AvgIpc) is 3.22. The van der Waals surface area contributed by atoms with E-state index >= 15 is 0 Å². The van der Waals surface area contributed by atoms with Crippen molar-refractivity contribution in [1.82, 2.24) is 15.1 Å². The van der Waals surface area contributed by atoms with Gasteiger partial charge in [-0.05, 0) is 43.9 Å². The zero-order valence-corrected chi connectivity index (χ0v) is 16.0. The summed E-state index contributed by atoms with van der Waals surface area (Å²) in [6.45, 7) is 7.00. The van der Waals surface area contributed by atoms with Crippen molar-refractivity contribution in [1.29, 1.82) is 0 Å². The highest BCUT2D eigenvalue weighted by Gasteiger charge is 2.30. The molecule has 7 heteroatoms. The summed E-state index contributed by atoms with van der Waals surface area (Å²) in [5.41, 5.74) is 0.946. The number of carbonyl (C=O) groups excluding carboxylic acids is 1. The van der Waals surface area contributed by atoms with Gasteiger partial charge in [0.05, 0.1) is 0 Å². The molecule has 0 aliphatic carbocycles. The Morgan fingerprint density at radius 3 is 2.74 bits per heavy atom. The molecule has 2 fully saturated rings. The number of halogens is 1. The number of ether oxygens (including phenoxy) is 1.